The molecular weight excluding hydrogens is 414 g/mol. The smallest absolute Gasteiger partial charge is 0.298 e. The lowest BCUT2D eigenvalue weighted by Crippen LogP contribution is -2.55. The summed E-state index contributed by atoms with van der Waals surface area (Å²) in [5.41, 5.74) is 1.64. The van der Waals surface area contributed by atoms with Gasteiger partial charge in [0.1, 0.15) is 5.52 Å². The number of oxazole rings is 1. The number of benzene rings is 1. The molecule has 1 aromatic carbocycles. The van der Waals surface area contributed by atoms with Gasteiger partial charge in [0.25, 0.3) is 11.9 Å². The van der Waals surface area contributed by atoms with Gasteiger partial charge < -0.3 is 24.9 Å². The zero-order chi connectivity index (χ0) is 21.7. The van der Waals surface area contributed by atoms with Gasteiger partial charge in [-0.3, -0.25) is 4.79 Å². The summed E-state index contributed by atoms with van der Waals surface area (Å²) in [6.07, 6.45) is 5.73. The standard InChI is InChI=1S/C23H32ClN5O2/c1-13-11-25-12-14(2)29(13)23-27-21-19(7-15(24)8-20(21)31-23)22(30)26-16-9-17-5-4-6-18(10-16)28(17)3/h7-8,13-14,16-18,25H,4-6,9-12H2,1-3H3,(H,26,30)/t13-,14-,16?,17?,18?/m0/s1. The van der Waals surface area contributed by atoms with Crippen molar-refractivity contribution >= 4 is 34.6 Å². The van der Waals surface area contributed by atoms with Gasteiger partial charge in [0.15, 0.2) is 5.58 Å². The Hall–Kier alpha value is -1.83. The minimum Gasteiger partial charge on any atom is -0.423 e. The summed E-state index contributed by atoms with van der Waals surface area (Å²) < 4.78 is 6.10. The Bertz CT molecular complexity index is 954. The topological polar surface area (TPSA) is 73.6 Å². The maximum absolute atomic E-state index is 13.3. The first-order valence-corrected chi connectivity index (χ1v) is 11.9. The molecule has 3 aliphatic heterocycles. The minimum absolute atomic E-state index is 0.110. The van der Waals surface area contributed by atoms with Crippen molar-refractivity contribution in [3.63, 3.8) is 0 Å². The Balaban J connectivity index is 1.41. The Morgan fingerprint density at radius 3 is 2.55 bits per heavy atom. The maximum atomic E-state index is 13.3. The molecule has 8 heteroatoms. The van der Waals surface area contributed by atoms with Gasteiger partial charge in [-0.15, -0.1) is 0 Å². The van der Waals surface area contributed by atoms with E-state index in [1.807, 2.05) is 0 Å². The SMILES string of the molecule is C[C@H]1CNC[C@H](C)N1c1nc2c(C(=O)NC3CC4CCCC(C3)N4C)cc(Cl)cc2o1. The summed E-state index contributed by atoms with van der Waals surface area (Å²) in [5.74, 6) is -0.110. The third-order valence-corrected chi connectivity index (χ3v) is 7.64. The number of fused-ring (bicyclic) bond motifs is 3. The highest BCUT2D eigenvalue weighted by atomic mass is 35.5. The zero-order valence-electron chi connectivity index (χ0n) is 18.5. The molecule has 4 atom stereocenters. The van der Waals surface area contributed by atoms with Gasteiger partial charge in [-0.05, 0) is 52.6 Å². The normalized spacial score (nSPS) is 31.7. The molecule has 4 heterocycles. The lowest BCUT2D eigenvalue weighted by molar-refractivity contribution is 0.0463. The Morgan fingerprint density at radius 1 is 1.19 bits per heavy atom. The van der Waals surface area contributed by atoms with Crippen LogP contribution in [-0.2, 0) is 0 Å². The lowest BCUT2D eigenvalue weighted by Gasteiger charge is -2.47. The summed E-state index contributed by atoms with van der Waals surface area (Å²) in [6, 6.07) is 5.84. The molecule has 2 bridgehead atoms. The molecule has 168 valence electrons. The highest BCUT2D eigenvalue weighted by molar-refractivity contribution is 6.32. The third kappa shape index (κ3) is 3.92. The van der Waals surface area contributed by atoms with Gasteiger partial charge in [0, 0.05) is 54.4 Å². The fourth-order valence-corrected chi connectivity index (χ4v) is 5.98. The quantitative estimate of drug-likeness (QED) is 0.754. The molecule has 2 N–H and O–H groups in total. The Labute approximate surface area is 188 Å². The first-order chi connectivity index (χ1) is 14.9. The van der Waals surface area contributed by atoms with Crippen LogP contribution < -0.4 is 15.5 Å². The molecule has 2 unspecified atom stereocenters. The summed E-state index contributed by atoms with van der Waals surface area (Å²) in [5, 5.41) is 7.19. The molecule has 3 aliphatic rings. The largest absolute Gasteiger partial charge is 0.423 e. The second-order valence-electron chi connectivity index (χ2n) is 9.61. The van der Waals surface area contributed by atoms with Crippen LogP contribution in [0.2, 0.25) is 5.02 Å². The van der Waals surface area contributed by atoms with Crippen LogP contribution in [0.15, 0.2) is 16.5 Å². The van der Waals surface area contributed by atoms with Crippen LogP contribution in [0.3, 0.4) is 0 Å². The fraction of sp³-hybridized carbons (Fsp3) is 0.652. The number of anilines is 1. The van der Waals surface area contributed by atoms with Crippen LogP contribution in [0.4, 0.5) is 6.01 Å². The highest BCUT2D eigenvalue weighted by Crippen LogP contribution is 2.34. The number of carbonyl (C=O) groups excluding carboxylic acids is 1. The molecule has 1 amide bonds. The van der Waals surface area contributed by atoms with E-state index in [0.29, 0.717) is 39.8 Å². The predicted octanol–water partition coefficient (Wildman–Crippen LogP) is 3.41. The average Bonchev–Trinajstić information content (AvgIpc) is 3.11. The van der Waals surface area contributed by atoms with Crippen molar-refractivity contribution in [2.24, 2.45) is 0 Å². The molecule has 2 aromatic rings. The monoisotopic (exact) mass is 445 g/mol. The van der Waals surface area contributed by atoms with E-state index in [0.717, 1.165) is 25.9 Å². The van der Waals surface area contributed by atoms with E-state index in [1.165, 1.54) is 19.3 Å². The molecule has 7 nitrogen and oxygen atoms in total. The van der Waals surface area contributed by atoms with Crippen molar-refractivity contribution in [2.75, 3.05) is 25.0 Å². The Kier molecular flexibility index (Phi) is 5.61. The average molecular weight is 446 g/mol. The van der Waals surface area contributed by atoms with Crippen molar-refractivity contribution in [1.82, 2.24) is 20.5 Å². The summed E-state index contributed by atoms with van der Waals surface area (Å²) in [7, 11) is 2.22. The third-order valence-electron chi connectivity index (χ3n) is 7.42. The molecule has 0 saturated carbocycles. The molecule has 0 aliphatic carbocycles. The van der Waals surface area contributed by atoms with E-state index >= 15 is 0 Å². The van der Waals surface area contributed by atoms with Crippen molar-refractivity contribution < 1.29 is 9.21 Å². The molecule has 31 heavy (non-hydrogen) atoms. The van der Waals surface area contributed by atoms with E-state index < -0.39 is 0 Å². The van der Waals surface area contributed by atoms with Crippen LogP contribution >= 0.6 is 11.6 Å². The number of amides is 1. The number of nitrogens with one attached hydrogen (secondary N) is 2. The van der Waals surface area contributed by atoms with Gasteiger partial charge in [0.05, 0.1) is 5.56 Å². The van der Waals surface area contributed by atoms with E-state index in [9.17, 15) is 4.79 Å². The molecule has 1 aromatic heterocycles. The number of halogens is 1. The zero-order valence-corrected chi connectivity index (χ0v) is 19.3. The van der Waals surface area contributed by atoms with Crippen LogP contribution in [0.25, 0.3) is 11.1 Å². The number of hydrogen-bond acceptors (Lipinski definition) is 6. The molecule has 3 fully saturated rings. The molecule has 5 rings (SSSR count). The number of aromatic nitrogens is 1. The van der Waals surface area contributed by atoms with E-state index in [-0.39, 0.29) is 24.0 Å². The second-order valence-corrected chi connectivity index (χ2v) is 10.0. The van der Waals surface area contributed by atoms with Crippen LogP contribution in [0.1, 0.15) is 56.3 Å². The molecule has 3 saturated heterocycles. The van der Waals surface area contributed by atoms with Gasteiger partial charge >= 0.3 is 0 Å². The van der Waals surface area contributed by atoms with Crippen molar-refractivity contribution in [3.05, 3.63) is 22.7 Å². The number of carbonyl (C=O) groups is 1. The molecule has 0 spiro atoms. The van der Waals surface area contributed by atoms with Crippen LogP contribution in [-0.4, -0.2) is 66.1 Å². The fourth-order valence-electron chi connectivity index (χ4n) is 5.77. The first-order valence-electron chi connectivity index (χ1n) is 11.5. The van der Waals surface area contributed by atoms with Crippen LogP contribution in [0, 0.1) is 0 Å². The highest BCUT2D eigenvalue weighted by Gasteiger charge is 2.37. The lowest BCUT2D eigenvalue weighted by atomic mass is 9.82. The van der Waals surface area contributed by atoms with Crippen molar-refractivity contribution in [1.29, 1.82) is 0 Å². The van der Waals surface area contributed by atoms with E-state index in [4.69, 9.17) is 21.0 Å². The first kappa shape index (κ1) is 21.0. The number of rotatable bonds is 3. The van der Waals surface area contributed by atoms with E-state index in [1.54, 1.807) is 12.1 Å². The number of hydrogen-bond donors (Lipinski definition) is 2. The number of piperazine rings is 1. The summed E-state index contributed by atoms with van der Waals surface area (Å²) in [6.45, 7) is 6.04. The number of piperidine rings is 2. The van der Waals surface area contributed by atoms with E-state index in [2.05, 4.69) is 41.3 Å². The van der Waals surface area contributed by atoms with Crippen LogP contribution in [0.5, 0.6) is 0 Å². The molecule has 0 radical (unpaired) electrons. The van der Waals surface area contributed by atoms with Gasteiger partial charge in [-0.25, -0.2) is 0 Å². The summed E-state index contributed by atoms with van der Waals surface area (Å²) in [4.78, 5) is 22.8. The Morgan fingerprint density at radius 2 is 1.87 bits per heavy atom. The van der Waals surface area contributed by atoms with Crippen molar-refractivity contribution in [2.45, 2.75) is 76.2 Å². The minimum atomic E-state index is -0.110. The second kappa shape index (κ2) is 8.26. The van der Waals surface area contributed by atoms with Gasteiger partial charge in [-0.2, -0.15) is 4.98 Å². The maximum Gasteiger partial charge on any atom is 0.298 e. The summed E-state index contributed by atoms with van der Waals surface area (Å²) >= 11 is 6.36. The molecular formula is C23H32ClN5O2. The number of nitrogens with zero attached hydrogens (tertiary/aromatic N) is 3. The van der Waals surface area contributed by atoms with Gasteiger partial charge in [0.2, 0.25) is 0 Å². The predicted molar refractivity (Wildman–Crippen MR) is 123 cm³/mol. The van der Waals surface area contributed by atoms with Gasteiger partial charge in [-0.1, -0.05) is 18.0 Å². The van der Waals surface area contributed by atoms with Crippen molar-refractivity contribution in [3.8, 4) is 0 Å².